The van der Waals surface area contributed by atoms with Gasteiger partial charge < -0.3 is 14.8 Å². The molecule has 5 rings (SSSR count). The molecule has 3 aromatic carbocycles. The van der Waals surface area contributed by atoms with Gasteiger partial charge in [-0.25, -0.2) is 8.78 Å². The van der Waals surface area contributed by atoms with Gasteiger partial charge in [0.25, 0.3) is 5.91 Å². The summed E-state index contributed by atoms with van der Waals surface area (Å²) in [5.74, 6) is -1.93. The van der Waals surface area contributed by atoms with E-state index >= 15 is 0 Å². The zero-order valence-corrected chi connectivity index (χ0v) is 22.1. The Morgan fingerprint density at radius 2 is 1.79 bits per heavy atom. The number of hydrogen-bond acceptors (Lipinski definition) is 4. The van der Waals surface area contributed by atoms with Crippen molar-refractivity contribution in [3.8, 4) is 22.6 Å². The first-order chi connectivity index (χ1) is 18.2. The van der Waals surface area contributed by atoms with Crippen LogP contribution in [0.5, 0.6) is 11.5 Å². The zero-order chi connectivity index (χ0) is 27.0. The third-order valence-electron chi connectivity index (χ3n) is 6.72. The first-order valence-corrected chi connectivity index (χ1v) is 13.2. The van der Waals surface area contributed by atoms with Crippen molar-refractivity contribution in [2.24, 2.45) is 0 Å². The molecular formula is C29H25Cl2F2NO4. The Morgan fingerprint density at radius 3 is 2.47 bits per heavy atom. The van der Waals surface area contributed by atoms with Gasteiger partial charge >= 0.3 is 0 Å². The number of ketones is 1. The maximum Gasteiger partial charge on any atom is 0.254 e. The van der Waals surface area contributed by atoms with Crippen LogP contribution in [0.3, 0.4) is 0 Å². The molecular weight excluding hydrogens is 535 g/mol. The lowest BCUT2D eigenvalue weighted by Gasteiger charge is -2.26. The Bertz CT molecular complexity index is 1400. The van der Waals surface area contributed by atoms with E-state index in [1.165, 1.54) is 6.92 Å². The van der Waals surface area contributed by atoms with E-state index in [1.807, 2.05) is 6.07 Å². The Hall–Kier alpha value is -3.16. The first-order valence-electron chi connectivity index (χ1n) is 12.4. The summed E-state index contributed by atoms with van der Waals surface area (Å²) in [5.41, 5.74) is 2.76. The molecule has 0 radical (unpaired) electrons. The lowest BCUT2D eigenvalue weighted by molar-refractivity contribution is -0.118. The van der Waals surface area contributed by atoms with Gasteiger partial charge in [-0.3, -0.25) is 9.59 Å². The number of rotatable bonds is 8. The van der Waals surface area contributed by atoms with Gasteiger partial charge in [0.2, 0.25) is 0 Å². The van der Waals surface area contributed by atoms with Crippen LogP contribution < -0.4 is 14.8 Å². The van der Waals surface area contributed by atoms with Gasteiger partial charge in [0, 0.05) is 23.6 Å². The predicted octanol–water partition coefficient (Wildman–Crippen LogP) is 6.73. The highest BCUT2D eigenvalue weighted by molar-refractivity contribution is 6.39. The standard InChI is InChI=1S/C29H25Cl2F2NO4/c1-15(35)25(34-29(36)27-21(30)5-2-6-22(27)31)12-16-7-10-19(28-18(16)4-3-11-37-28)20-13-23(32)24(33)14-26(20)38-17-8-9-17/h2,5-7,10,13-14,17,25H,3-4,8-9,11-12H2,1H3,(H,34,36). The summed E-state index contributed by atoms with van der Waals surface area (Å²) in [6, 6.07) is 9.69. The average Bonchev–Trinajstić information content (AvgIpc) is 3.70. The normalized spacial score (nSPS) is 15.3. The van der Waals surface area contributed by atoms with E-state index < -0.39 is 23.6 Å². The minimum absolute atomic E-state index is 0.0128. The Labute approximate surface area is 229 Å². The second kappa shape index (κ2) is 10.9. The minimum Gasteiger partial charge on any atom is -0.493 e. The van der Waals surface area contributed by atoms with Crippen LogP contribution in [-0.2, 0) is 17.6 Å². The molecule has 38 heavy (non-hydrogen) atoms. The van der Waals surface area contributed by atoms with Crippen LogP contribution >= 0.6 is 23.2 Å². The van der Waals surface area contributed by atoms with Gasteiger partial charge in [0.05, 0.1) is 34.4 Å². The summed E-state index contributed by atoms with van der Waals surface area (Å²) in [7, 11) is 0. The maximum absolute atomic E-state index is 14.3. The van der Waals surface area contributed by atoms with Crippen LogP contribution in [0.1, 0.15) is 47.7 Å². The average molecular weight is 560 g/mol. The molecule has 1 unspecified atom stereocenters. The van der Waals surface area contributed by atoms with Gasteiger partial charge in [-0.15, -0.1) is 0 Å². The van der Waals surface area contributed by atoms with E-state index in [2.05, 4.69) is 5.32 Å². The number of ether oxygens (including phenoxy) is 2. The van der Waals surface area contributed by atoms with Crippen molar-refractivity contribution >= 4 is 34.9 Å². The number of Topliss-reactive ketones (excluding diaryl/α,β-unsaturated/α-hetero) is 1. The Morgan fingerprint density at radius 1 is 1.08 bits per heavy atom. The van der Waals surface area contributed by atoms with Crippen LogP contribution in [0.25, 0.3) is 11.1 Å². The molecule has 1 heterocycles. The second-order valence-electron chi connectivity index (χ2n) is 9.55. The minimum atomic E-state index is -0.977. The number of halogens is 4. The number of benzene rings is 3. The van der Waals surface area contributed by atoms with Crippen LogP contribution in [0.2, 0.25) is 10.0 Å². The molecule has 1 aliphatic heterocycles. The van der Waals surface area contributed by atoms with E-state index in [0.717, 1.165) is 42.5 Å². The molecule has 1 N–H and O–H groups in total. The summed E-state index contributed by atoms with van der Waals surface area (Å²) >= 11 is 12.4. The van der Waals surface area contributed by atoms with Crippen molar-refractivity contribution in [1.29, 1.82) is 0 Å². The van der Waals surface area contributed by atoms with E-state index in [4.69, 9.17) is 32.7 Å². The van der Waals surface area contributed by atoms with Gasteiger partial charge in [-0.2, -0.15) is 0 Å². The molecule has 1 amide bonds. The van der Waals surface area contributed by atoms with E-state index in [0.29, 0.717) is 29.9 Å². The zero-order valence-electron chi connectivity index (χ0n) is 20.6. The monoisotopic (exact) mass is 559 g/mol. The fourth-order valence-electron chi connectivity index (χ4n) is 4.60. The molecule has 0 spiro atoms. The Balaban J connectivity index is 1.49. The lowest BCUT2D eigenvalue weighted by Crippen LogP contribution is -2.41. The number of hydrogen-bond donors (Lipinski definition) is 1. The molecule has 1 aliphatic carbocycles. The molecule has 1 atom stereocenters. The highest BCUT2D eigenvalue weighted by atomic mass is 35.5. The van der Waals surface area contributed by atoms with Crippen LogP contribution in [0.4, 0.5) is 8.78 Å². The second-order valence-corrected chi connectivity index (χ2v) is 10.4. The van der Waals surface area contributed by atoms with Crippen molar-refractivity contribution < 1.29 is 27.8 Å². The Kier molecular flexibility index (Phi) is 7.59. The number of fused-ring (bicyclic) bond motifs is 1. The van der Waals surface area contributed by atoms with E-state index in [1.54, 1.807) is 24.3 Å². The SMILES string of the molecule is CC(=O)C(Cc1ccc(-c2cc(F)c(F)cc2OC2CC2)c2c1CCCO2)NC(=O)c1c(Cl)cccc1Cl. The molecule has 5 nitrogen and oxygen atoms in total. The van der Waals surface area contributed by atoms with Gasteiger partial charge in [0.15, 0.2) is 17.4 Å². The van der Waals surface area contributed by atoms with Crippen molar-refractivity contribution in [2.75, 3.05) is 6.61 Å². The fraction of sp³-hybridized carbons (Fsp3) is 0.310. The summed E-state index contributed by atoms with van der Waals surface area (Å²) in [6.07, 6.45) is 3.33. The molecule has 1 fully saturated rings. The molecule has 9 heteroatoms. The topological polar surface area (TPSA) is 64.6 Å². The van der Waals surface area contributed by atoms with Gasteiger partial charge in [-0.1, -0.05) is 41.4 Å². The quantitative estimate of drug-likeness (QED) is 0.332. The summed E-state index contributed by atoms with van der Waals surface area (Å²) in [5, 5.41) is 3.12. The molecule has 0 saturated heterocycles. The summed E-state index contributed by atoms with van der Waals surface area (Å²) in [4.78, 5) is 25.5. The highest BCUT2D eigenvalue weighted by Gasteiger charge is 2.29. The van der Waals surface area contributed by atoms with Gasteiger partial charge in [0.1, 0.15) is 11.5 Å². The third-order valence-corrected chi connectivity index (χ3v) is 7.35. The van der Waals surface area contributed by atoms with Crippen LogP contribution in [0, 0.1) is 11.6 Å². The summed E-state index contributed by atoms with van der Waals surface area (Å²) in [6.45, 7) is 1.86. The predicted molar refractivity (Wildman–Crippen MR) is 141 cm³/mol. The van der Waals surface area contributed by atoms with Crippen LogP contribution in [0.15, 0.2) is 42.5 Å². The molecule has 2 aliphatic rings. The first kappa shape index (κ1) is 26.4. The van der Waals surface area contributed by atoms with E-state index in [-0.39, 0.29) is 39.7 Å². The number of amides is 1. The largest absolute Gasteiger partial charge is 0.493 e. The van der Waals surface area contributed by atoms with Crippen molar-refractivity contribution in [3.63, 3.8) is 0 Å². The molecule has 0 aromatic heterocycles. The van der Waals surface area contributed by atoms with Crippen LogP contribution in [-0.4, -0.2) is 30.4 Å². The van der Waals surface area contributed by atoms with Crippen molar-refractivity contribution in [3.05, 3.63) is 80.8 Å². The molecule has 1 saturated carbocycles. The third kappa shape index (κ3) is 5.49. The number of carbonyl (C=O) groups is 2. The molecule has 3 aromatic rings. The fourth-order valence-corrected chi connectivity index (χ4v) is 5.17. The smallest absolute Gasteiger partial charge is 0.254 e. The highest BCUT2D eigenvalue weighted by Crippen LogP contribution is 2.44. The molecule has 0 bridgehead atoms. The number of carbonyl (C=O) groups excluding carboxylic acids is 2. The van der Waals surface area contributed by atoms with Crippen molar-refractivity contribution in [2.45, 2.75) is 51.2 Å². The van der Waals surface area contributed by atoms with Crippen molar-refractivity contribution in [1.82, 2.24) is 5.32 Å². The van der Waals surface area contributed by atoms with Gasteiger partial charge in [-0.05, 0) is 61.9 Å². The molecule has 198 valence electrons. The number of nitrogens with one attached hydrogen (secondary N) is 1. The van der Waals surface area contributed by atoms with E-state index in [9.17, 15) is 18.4 Å². The maximum atomic E-state index is 14.3. The lowest BCUT2D eigenvalue weighted by atomic mass is 9.89. The summed E-state index contributed by atoms with van der Waals surface area (Å²) < 4.78 is 40.3.